The number of carbonyl (C=O) groups excluding carboxylic acids is 1. The molecule has 0 amide bonds. The minimum atomic E-state index is -0.977. The van der Waals surface area contributed by atoms with Crippen LogP contribution in [0.1, 0.15) is 51.9 Å². The molecule has 0 aliphatic heterocycles. The summed E-state index contributed by atoms with van der Waals surface area (Å²) in [5.41, 5.74) is 0. The monoisotopic (exact) mass is 213 g/mol. The van der Waals surface area contributed by atoms with E-state index in [0.717, 1.165) is 32.1 Å². The normalized spacial score (nSPS) is 30.7. The Balaban J connectivity index is 2.38. The van der Waals surface area contributed by atoms with E-state index in [1.54, 1.807) is 0 Å². The Morgan fingerprint density at radius 2 is 2.13 bits per heavy atom. The predicted octanol–water partition coefficient (Wildman–Crippen LogP) is 1.09. The van der Waals surface area contributed by atoms with Crippen molar-refractivity contribution in [1.82, 2.24) is 0 Å². The summed E-state index contributed by atoms with van der Waals surface area (Å²) in [7, 11) is 0. The number of aliphatic carboxylic acids is 1. The molecule has 88 valence electrons. The molecule has 3 atom stereocenters. The number of hydrogen-bond donors (Lipinski definition) is 1. The topological polar surface area (TPSA) is 60.4 Å². The molecule has 1 saturated carbocycles. The van der Waals surface area contributed by atoms with Crippen LogP contribution in [0.4, 0.5) is 0 Å². The first-order valence-electron chi connectivity index (χ1n) is 6.03. The summed E-state index contributed by atoms with van der Waals surface area (Å²) in [6, 6.07) is 0. The van der Waals surface area contributed by atoms with Gasteiger partial charge in [0.25, 0.3) is 0 Å². The summed E-state index contributed by atoms with van der Waals surface area (Å²) in [6.45, 7) is 2.14. The second kappa shape index (κ2) is 6.11. The molecule has 1 aliphatic rings. The maximum absolute atomic E-state index is 10.5. The maximum atomic E-state index is 10.5. The first kappa shape index (κ1) is 12.5. The number of aliphatic hydroxyl groups is 1. The van der Waals surface area contributed by atoms with E-state index in [0.29, 0.717) is 0 Å². The number of hydrogen-bond acceptors (Lipinski definition) is 3. The molecule has 0 bridgehead atoms. The van der Waals surface area contributed by atoms with Crippen molar-refractivity contribution in [3.05, 3.63) is 0 Å². The third kappa shape index (κ3) is 3.82. The van der Waals surface area contributed by atoms with E-state index in [1.807, 2.05) is 0 Å². The Bertz CT molecular complexity index is 203. The first-order chi connectivity index (χ1) is 7.15. The van der Waals surface area contributed by atoms with Crippen LogP contribution in [0.5, 0.6) is 0 Å². The van der Waals surface area contributed by atoms with Crippen molar-refractivity contribution in [3.63, 3.8) is 0 Å². The summed E-state index contributed by atoms with van der Waals surface area (Å²) in [6.07, 6.45) is 5.82. The van der Waals surface area contributed by atoms with Crippen LogP contribution >= 0.6 is 0 Å². The highest BCUT2D eigenvalue weighted by Gasteiger charge is 2.33. The van der Waals surface area contributed by atoms with Crippen molar-refractivity contribution >= 4 is 5.97 Å². The van der Waals surface area contributed by atoms with Crippen molar-refractivity contribution < 1.29 is 15.0 Å². The summed E-state index contributed by atoms with van der Waals surface area (Å²) in [4.78, 5) is 10.5. The van der Waals surface area contributed by atoms with Gasteiger partial charge in [-0.3, -0.25) is 0 Å². The largest absolute Gasteiger partial charge is 0.550 e. The maximum Gasteiger partial charge on any atom is 0.0571 e. The quantitative estimate of drug-likeness (QED) is 0.672. The highest BCUT2D eigenvalue weighted by atomic mass is 16.4. The van der Waals surface area contributed by atoms with E-state index in [1.165, 1.54) is 6.42 Å². The zero-order chi connectivity index (χ0) is 11.3. The van der Waals surface area contributed by atoms with Crippen molar-refractivity contribution in [1.29, 1.82) is 0 Å². The van der Waals surface area contributed by atoms with E-state index in [9.17, 15) is 15.0 Å². The van der Waals surface area contributed by atoms with Gasteiger partial charge < -0.3 is 15.0 Å². The van der Waals surface area contributed by atoms with E-state index in [-0.39, 0.29) is 24.4 Å². The molecule has 3 heteroatoms. The highest BCUT2D eigenvalue weighted by Crippen LogP contribution is 2.37. The Labute approximate surface area is 91.5 Å². The molecule has 0 saturated heterocycles. The van der Waals surface area contributed by atoms with Crippen molar-refractivity contribution in [3.8, 4) is 0 Å². The number of unbranched alkanes of at least 4 members (excludes halogenated alkanes) is 2. The van der Waals surface area contributed by atoms with Gasteiger partial charge in [-0.15, -0.1) is 0 Å². The van der Waals surface area contributed by atoms with Gasteiger partial charge in [0, 0.05) is 5.97 Å². The lowest BCUT2D eigenvalue weighted by molar-refractivity contribution is -0.307. The molecule has 0 heterocycles. The van der Waals surface area contributed by atoms with Gasteiger partial charge in [0.15, 0.2) is 0 Å². The molecule has 3 unspecified atom stereocenters. The smallest absolute Gasteiger partial charge is 0.0571 e. The van der Waals surface area contributed by atoms with E-state index in [2.05, 4.69) is 6.92 Å². The molecule has 1 N–H and O–H groups in total. The molecule has 0 radical (unpaired) electrons. The molecular weight excluding hydrogens is 192 g/mol. The lowest BCUT2D eigenvalue weighted by atomic mass is 9.87. The lowest BCUT2D eigenvalue weighted by Crippen LogP contribution is -2.28. The van der Waals surface area contributed by atoms with Crippen LogP contribution in [0.3, 0.4) is 0 Å². The van der Waals surface area contributed by atoms with Crippen LogP contribution in [0.2, 0.25) is 0 Å². The molecule has 0 aromatic rings. The zero-order valence-electron chi connectivity index (χ0n) is 9.45. The van der Waals surface area contributed by atoms with Crippen molar-refractivity contribution in [2.45, 2.75) is 58.0 Å². The molecule has 1 rings (SSSR count). The van der Waals surface area contributed by atoms with Crippen LogP contribution in [-0.2, 0) is 4.79 Å². The number of rotatable bonds is 6. The molecular formula is C12H21O3-. The summed E-state index contributed by atoms with van der Waals surface area (Å²) in [5.74, 6) is -0.647. The van der Waals surface area contributed by atoms with Crippen LogP contribution in [0.25, 0.3) is 0 Å². The van der Waals surface area contributed by atoms with E-state index >= 15 is 0 Å². The van der Waals surface area contributed by atoms with Crippen LogP contribution in [0, 0.1) is 11.8 Å². The molecule has 1 aliphatic carbocycles. The third-order valence-electron chi connectivity index (χ3n) is 3.50. The summed E-state index contributed by atoms with van der Waals surface area (Å²) >= 11 is 0. The average Bonchev–Trinajstić information content (AvgIpc) is 2.49. The third-order valence-corrected chi connectivity index (χ3v) is 3.50. The van der Waals surface area contributed by atoms with Crippen LogP contribution in [-0.4, -0.2) is 17.2 Å². The summed E-state index contributed by atoms with van der Waals surface area (Å²) < 4.78 is 0. The molecule has 0 spiro atoms. The zero-order valence-corrected chi connectivity index (χ0v) is 9.45. The molecule has 1 fully saturated rings. The Kier molecular flexibility index (Phi) is 5.09. The molecule has 15 heavy (non-hydrogen) atoms. The Morgan fingerprint density at radius 1 is 1.40 bits per heavy atom. The van der Waals surface area contributed by atoms with Gasteiger partial charge in [0.05, 0.1) is 6.10 Å². The van der Waals surface area contributed by atoms with Gasteiger partial charge in [0.1, 0.15) is 0 Å². The second-order valence-electron chi connectivity index (χ2n) is 4.64. The second-order valence-corrected chi connectivity index (χ2v) is 4.64. The van der Waals surface area contributed by atoms with Gasteiger partial charge in [-0.05, 0) is 37.5 Å². The molecule has 3 nitrogen and oxygen atoms in total. The standard InChI is InChI=1S/C12H22O3/c1-2-3-4-5-10-9(8-12(14)15)6-7-11(10)13/h9-11,13H,2-8H2,1H3,(H,14,15)/p-1. The molecule has 0 aromatic carbocycles. The Hall–Kier alpha value is -0.570. The van der Waals surface area contributed by atoms with E-state index < -0.39 is 5.97 Å². The Morgan fingerprint density at radius 3 is 2.73 bits per heavy atom. The van der Waals surface area contributed by atoms with Crippen LogP contribution in [0.15, 0.2) is 0 Å². The molecule has 0 aromatic heterocycles. The van der Waals surface area contributed by atoms with Crippen LogP contribution < -0.4 is 5.11 Å². The van der Waals surface area contributed by atoms with Gasteiger partial charge in [0.2, 0.25) is 0 Å². The minimum absolute atomic E-state index is 0.119. The van der Waals surface area contributed by atoms with Gasteiger partial charge in [-0.25, -0.2) is 0 Å². The lowest BCUT2D eigenvalue weighted by Gasteiger charge is -2.22. The fraction of sp³-hybridized carbons (Fsp3) is 0.917. The predicted molar refractivity (Wildman–Crippen MR) is 56.0 cm³/mol. The minimum Gasteiger partial charge on any atom is -0.550 e. The average molecular weight is 213 g/mol. The van der Waals surface area contributed by atoms with Crippen molar-refractivity contribution in [2.24, 2.45) is 11.8 Å². The highest BCUT2D eigenvalue weighted by molar-refractivity contribution is 5.64. The fourth-order valence-corrected chi connectivity index (χ4v) is 2.65. The number of carboxylic acids is 1. The first-order valence-corrected chi connectivity index (χ1v) is 6.03. The van der Waals surface area contributed by atoms with Crippen molar-refractivity contribution in [2.75, 3.05) is 0 Å². The number of aliphatic hydroxyl groups excluding tert-OH is 1. The van der Waals surface area contributed by atoms with Gasteiger partial charge in [-0.2, -0.15) is 0 Å². The summed E-state index contributed by atoms with van der Waals surface area (Å²) in [5, 5.41) is 20.3. The fourth-order valence-electron chi connectivity index (χ4n) is 2.65. The van der Waals surface area contributed by atoms with Gasteiger partial charge >= 0.3 is 0 Å². The number of carbonyl (C=O) groups is 1. The SMILES string of the molecule is CCCCCC1C(O)CCC1CC(=O)[O-]. The van der Waals surface area contributed by atoms with Gasteiger partial charge in [-0.1, -0.05) is 26.2 Å². The van der Waals surface area contributed by atoms with E-state index in [4.69, 9.17) is 0 Å². The number of carboxylic acid groups (broad SMARTS) is 1.